The van der Waals surface area contributed by atoms with Crippen LogP contribution in [0.3, 0.4) is 0 Å². The van der Waals surface area contributed by atoms with Gasteiger partial charge in [-0.3, -0.25) is 10.6 Å². The zero-order chi connectivity index (χ0) is 16.7. The number of nitrogens with two attached hydrogens (primary N) is 1. The number of benzene rings is 2. The smallest absolute Gasteiger partial charge is 0.394 e. The molecule has 0 radical (unpaired) electrons. The molecule has 0 heterocycles. The Morgan fingerprint density at radius 2 is 1.65 bits per heavy atom. The van der Waals surface area contributed by atoms with E-state index >= 15 is 0 Å². The van der Waals surface area contributed by atoms with Gasteiger partial charge in [-0.05, 0) is 43.3 Å². The fourth-order valence-corrected chi connectivity index (χ4v) is 1.75. The molecule has 0 bridgehead atoms. The van der Waals surface area contributed by atoms with Gasteiger partial charge in [-0.15, -0.1) is 0 Å². The van der Waals surface area contributed by atoms with Crippen molar-refractivity contribution in [2.75, 3.05) is 13.7 Å². The molecule has 0 saturated carbocycles. The highest BCUT2D eigenvalue weighted by Crippen LogP contribution is 2.16. The lowest BCUT2D eigenvalue weighted by Gasteiger charge is -2.04. The molecule has 0 aromatic heterocycles. The molecule has 0 aliphatic heterocycles. The molecule has 0 unspecified atom stereocenters. The molecule has 23 heavy (non-hydrogen) atoms. The summed E-state index contributed by atoms with van der Waals surface area (Å²) in [7, 11) is 1.58. The maximum Gasteiger partial charge on any atom is 0.394 e. The summed E-state index contributed by atoms with van der Waals surface area (Å²) in [6, 6.07) is 14.4. The van der Waals surface area contributed by atoms with Crippen molar-refractivity contribution in [2.24, 2.45) is 5.73 Å². The molecular weight excluding hydrogens is 296 g/mol. The molecule has 6 heteroatoms. The van der Waals surface area contributed by atoms with Crippen LogP contribution in [0, 0.1) is 6.92 Å². The Morgan fingerprint density at radius 1 is 1.04 bits per heavy atom. The number of hydrogen-bond donors (Lipinski definition) is 2. The van der Waals surface area contributed by atoms with Crippen LogP contribution in [0.5, 0.6) is 11.5 Å². The standard InChI is InChI=1S/C17H18N2O4/c1-12-3-5-13(6-4-12)17(18)19-23-16(20)11-22-15-9-7-14(21-2)8-10-15/h3-10H,11H2,1-2H3,(H2,18,19)/p+1. The van der Waals surface area contributed by atoms with Gasteiger partial charge >= 0.3 is 11.8 Å². The Balaban J connectivity index is 1.84. The molecule has 0 saturated heterocycles. The van der Waals surface area contributed by atoms with Gasteiger partial charge in [0.2, 0.25) is 0 Å². The monoisotopic (exact) mass is 315 g/mol. The molecule has 2 rings (SSSR count). The van der Waals surface area contributed by atoms with Gasteiger partial charge in [0, 0.05) is 0 Å². The highest BCUT2D eigenvalue weighted by molar-refractivity contribution is 5.92. The summed E-state index contributed by atoms with van der Waals surface area (Å²) in [5.74, 6) is 0.916. The lowest BCUT2D eigenvalue weighted by atomic mass is 10.1. The van der Waals surface area contributed by atoms with Crippen molar-refractivity contribution in [3.05, 3.63) is 59.7 Å². The molecule has 0 amide bonds. The molecule has 0 atom stereocenters. The van der Waals surface area contributed by atoms with Crippen LogP contribution in [-0.2, 0) is 9.63 Å². The van der Waals surface area contributed by atoms with E-state index in [1.54, 1.807) is 31.4 Å². The second kappa shape index (κ2) is 7.84. The van der Waals surface area contributed by atoms with Gasteiger partial charge in [-0.25, -0.2) is 4.79 Å². The van der Waals surface area contributed by atoms with E-state index in [1.807, 2.05) is 31.2 Å². The Bertz CT molecular complexity index is 679. The topological polar surface area (TPSA) is 84.8 Å². The third kappa shape index (κ3) is 5.03. The molecular formula is C17H19N2O4+. The average molecular weight is 315 g/mol. The van der Waals surface area contributed by atoms with Crippen molar-refractivity contribution in [1.29, 1.82) is 0 Å². The molecule has 0 aliphatic carbocycles. The second-order valence-electron chi connectivity index (χ2n) is 4.82. The normalized spacial score (nSPS) is 11.0. The number of carbonyl (C=O) groups excluding carboxylic acids is 1. The van der Waals surface area contributed by atoms with Crippen LogP contribution < -0.4 is 20.4 Å². The van der Waals surface area contributed by atoms with Gasteiger partial charge in [0.1, 0.15) is 11.5 Å². The van der Waals surface area contributed by atoms with E-state index in [0.717, 1.165) is 11.1 Å². The van der Waals surface area contributed by atoms with Crippen LogP contribution in [0.4, 0.5) is 0 Å². The van der Waals surface area contributed by atoms with Crippen molar-refractivity contribution in [3.63, 3.8) is 0 Å². The van der Waals surface area contributed by atoms with E-state index in [9.17, 15) is 4.79 Å². The van der Waals surface area contributed by atoms with Gasteiger partial charge in [0.25, 0.3) is 0 Å². The minimum Gasteiger partial charge on any atom is -0.497 e. The summed E-state index contributed by atoms with van der Waals surface area (Å²) in [4.78, 5) is 16.5. The van der Waals surface area contributed by atoms with Crippen LogP contribution in [0.2, 0.25) is 0 Å². The van der Waals surface area contributed by atoms with E-state index in [2.05, 4.69) is 5.16 Å². The van der Waals surface area contributed by atoms with Gasteiger partial charge in [0.15, 0.2) is 6.61 Å². The van der Waals surface area contributed by atoms with E-state index < -0.39 is 5.97 Å². The number of aryl methyl sites for hydroxylation is 1. The zero-order valence-electron chi connectivity index (χ0n) is 13.0. The first kappa shape index (κ1) is 16.4. The van der Waals surface area contributed by atoms with Crippen molar-refractivity contribution in [2.45, 2.75) is 6.92 Å². The summed E-state index contributed by atoms with van der Waals surface area (Å²) in [5.41, 5.74) is 7.66. The largest absolute Gasteiger partial charge is 0.497 e. The maximum absolute atomic E-state index is 11.6. The zero-order valence-corrected chi connectivity index (χ0v) is 13.0. The van der Waals surface area contributed by atoms with Crippen molar-refractivity contribution < 1.29 is 24.3 Å². The van der Waals surface area contributed by atoms with Crippen LogP contribution >= 0.6 is 0 Å². The fraction of sp³-hybridized carbons (Fsp3) is 0.176. The van der Waals surface area contributed by atoms with Gasteiger partial charge in [0.05, 0.1) is 12.7 Å². The Morgan fingerprint density at radius 3 is 2.26 bits per heavy atom. The summed E-state index contributed by atoms with van der Waals surface area (Å²) in [5, 5.41) is 2.42. The molecule has 2 aromatic carbocycles. The number of nitrogen functional groups attached to an aromatic ring is 1. The van der Waals surface area contributed by atoms with Crippen molar-refractivity contribution in [3.8, 4) is 11.5 Å². The van der Waals surface area contributed by atoms with Gasteiger partial charge < -0.3 is 9.47 Å². The van der Waals surface area contributed by atoms with Crippen molar-refractivity contribution >= 4 is 11.8 Å². The Kier molecular flexibility index (Phi) is 5.57. The molecule has 3 N–H and O–H groups in total. The average Bonchev–Trinajstić information content (AvgIpc) is 2.59. The Hall–Kier alpha value is -3.02. The molecule has 0 aliphatic rings. The van der Waals surface area contributed by atoms with Gasteiger partial charge in [-0.2, -0.15) is 0 Å². The predicted molar refractivity (Wildman–Crippen MR) is 85.0 cm³/mol. The second-order valence-corrected chi connectivity index (χ2v) is 4.82. The van der Waals surface area contributed by atoms with Crippen molar-refractivity contribution in [1.82, 2.24) is 0 Å². The van der Waals surface area contributed by atoms with Crippen LogP contribution in [0.1, 0.15) is 11.1 Å². The summed E-state index contributed by atoms with van der Waals surface area (Å²) < 4.78 is 10.3. The third-order valence-corrected chi connectivity index (χ3v) is 3.05. The Labute approximate surface area is 134 Å². The van der Waals surface area contributed by atoms with E-state index in [-0.39, 0.29) is 12.4 Å². The molecule has 2 aromatic rings. The molecule has 0 spiro atoms. The fourth-order valence-electron chi connectivity index (χ4n) is 1.75. The van der Waals surface area contributed by atoms with Crippen LogP contribution in [-0.4, -0.2) is 25.5 Å². The number of carbonyl (C=O) groups is 1. The first-order chi connectivity index (χ1) is 11.1. The minimum atomic E-state index is -0.587. The number of nitrogens with one attached hydrogen (secondary N) is 1. The number of ether oxygens (including phenoxy) is 2. The van der Waals surface area contributed by atoms with E-state index in [1.165, 1.54) is 0 Å². The molecule has 120 valence electrons. The van der Waals surface area contributed by atoms with Crippen LogP contribution in [0.25, 0.3) is 0 Å². The number of rotatable bonds is 6. The number of hydrogen-bond acceptors (Lipinski definition) is 4. The summed E-state index contributed by atoms with van der Waals surface area (Å²) in [6.07, 6.45) is 0. The van der Waals surface area contributed by atoms with E-state index in [4.69, 9.17) is 20.0 Å². The number of amidine groups is 1. The highest BCUT2D eigenvalue weighted by Gasteiger charge is 2.09. The quantitative estimate of drug-likeness (QED) is 0.347. The summed E-state index contributed by atoms with van der Waals surface area (Å²) >= 11 is 0. The lowest BCUT2D eigenvalue weighted by Crippen LogP contribution is -2.76. The first-order valence-electron chi connectivity index (χ1n) is 7.00. The summed E-state index contributed by atoms with van der Waals surface area (Å²) in [6.45, 7) is 1.74. The number of methoxy groups -OCH3 is 1. The van der Waals surface area contributed by atoms with Crippen LogP contribution in [0.15, 0.2) is 48.5 Å². The predicted octanol–water partition coefficient (Wildman–Crippen LogP) is 0.327. The van der Waals surface area contributed by atoms with E-state index in [0.29, 0.717) is 11.5 Å². The highest BCUT2D eigenvalue weighted by atomic mass is 16.7. The SMILES string of the molecule is COc1ccc(OCC(=O)O[NH+]=C(N)c2ccc(C)cc2)cc1. The molecule has 0 fully saturated rings. The van der Waals surface area contributed by atoms with Gasteiger partial charge in [-0.1, -0.05) is 22.9 Å². The first-order valence-corrected chi connectivity index (χ1v) is 7.00. The molecule has 6 nitrogen and oxygen atoms in total. The third-order valence-electron chi connectivity index (χ3n) is 3.05. The lowest BCUT2D eigenvalue weighted by molar-refractivity contribution is -0.724. The minimum absolute atomic E-state index is 0.236. The maximum atomic E-state index is 11.6.